The van der Waals surface area contributed by atoms with Crippen LogP contribution in [0.2, 0.25) is 0 Å². The molecular weight excluding hydrogens is 314 g/mol. The van der Waals surface area contributed by atoms with Gasteiger partial charge in [0.15, 0.2) is 0 Å². The molecule has 1 heterocycles. The second-order valence-electron chi connectivity index (χ2n) is 2.46. The van der Waals surface area contributed by atoms with Gasteiger partial charge in [0.1, 0.15) is 5.01 Å². The third-order valence-corrected chi connectivity index (χ3v) is 3.58. The SMILES string of the molecule is Brc1ccc(Br)c(-c2nccs2)c1. The molecule has 0 saturated carbocycles. The van der Waals surface area contributed by atoms with E-state index >= 15 is 0 Å². The Morgan fingerprint density at radius 1 is 1.23 bits per heavy atom. The molecule has 0 amide bonds. The number of hydrogen-bond acceptors (Lipinski definition) is 2. The number of thiazole rings is 1. The number of rotatable bonds is 1. The summed E-state index contributed by atoms with van der Waals surface area (Å²) >= 11 is 8.57. The minimum atomic E-state index is 1.04. The molecule has 0 aliphatic heterocycles. The van der Waals surface area contributed by atoms with Crippen molar-refractivity contribution < 1.29 is 0 Å². The summed E-state index contributed by atoms with van der Waals surface area (Å²) in [6, 6.07) is 6.07. The van der Waals surface area contributed by atoms with Crippen LogP contribution in [-0.2, 0) is 0 Å². The second kappa shape index (κ2) is 3.90. The van der Waals surface area contributed by atoms with Crippen LogP contribution in [0.4, 0.5) is 0 Å². The van der Waals surface area contributed by atoms with Crippen molar-refractivity contribution in [1.82, 2.24) is 4.98 Å². The molecule has 0 unspecified atom stereocenters. The molecular formula is C9H5Br2NS. The first kappa shape index (κ1) is 9.37. The Bertz CT molecular complexity index is 412. The van der Waals surface area contributed by atoms with Gasteiger partial charge in [-0.2, -0.15) is 0 Å². The van der Waals surface area contributed by atoms with Crippen molar-refractivity contribution in [3.63, 3.8) is 0 Å². The normalized spacial score (nSPS) is 10.3. The Kier molecular flexibility index (Phi) is 2.81. The minimum Gasteiger partial charge on any atom is -0.245 e. The summed E-state index contributed by atoms with van der Waals surface area (Å²) in [5.41, 5.74) is 1.13. The van der Waals surface area contributed by atoms with E-state index in [1.807, 2.05) is 23.7 Å². The summed E-state index contributed by atoms with van der Waals surface area (Å²) < 4.78 is 2.14. The van der Waals surface area contributed by atoms with Gasteiger partial charge in [-0.3, -0.25) is 0 Å². The van der Waals surface area contributed by atoms with Gasteiger partial charge in [-0.1, -0.05) is 31.9 Å². The van der Waals surface area contributed by atoms with E-state index in [1.54, 1.807) is 11.3 Å². The van der Waals surface area contributed by atoms with Gasteiger partial charge < -0.3 is 0 Å². The summed E-state index contributed by atoms with van der Waals surface area (Å²) in [6.45, 7) is 0. The lowest BCUT2D eigenvalue weighted by Gasteiger charge is -2.00. The van der Waals surface area contributed by atoms with E-state index in [1.165, 1.54) is 0 Å². The van der Waals surface area contributed by atoms with Crippen LogP contribution >= 0.6 is 43.2 Å². The molecule has 0 N–H and O–H groups in total. The molecule has 0 spiro atoms. The zero-order valence-electron chi connectivity index (χ0n) is 6.50. The lowest BCUT2D eigenvalue weighted by atomic mass is 10.2. The molecule has 2 aromatic rings. The Labute approximate surface area is 97.1 Å². The summed E-state index contributed by atoms with van der Waals surface area (Å²) in [4.78, 5) is 4.26. The van der Waals surface area contributed by atoms with E-state index < -0.39 is 0 Å². The summed E-state index contributed by atoms with van der Waals surface area (Å²) in [5.74, 6) is 0. The zero-order chi connectivity index (χ0) is 9.26. The fourth-order valence-electron chi connectivity index (χ4n) is 1.02. The van der Waals surface area contributed by atoms with Crippen LogP contribution in [0, 0.1) is 0 Å². The molecule has 0 radical (unpaired) electrons. The van der Waals surface area contributed by atoms with Crippen molar-refractivity contribution in [2.24, 2.45) is 0 Å². The molecule has 66 valence electrons. The predicted molar refractivity (Wildman–Crippen MR) is 63.0 cm³/mol. The number of nitrogens with zero attached hydrogens (tertiary/aromatic N) is 1. The quantitative estimate of drug-likeness (QED) is 0.762. The fourth-order valence-corrected chi connectivity index (χ4v) is 2.61. The van der Waals surface area contributed by atoms with Crippen LogP contribution < -0.4 is 0 Å². The summed E-state index contributed by atoms with van der Waals surface area (Å²) in [5, 5.41) is 3.01. The van der Waals surface area contributed by atoms with E-state index in [9.17, 15) is 0 Å². The Hall–Kier alpha value is -0.190. The third kappa shape index (κ3) is 2.00. The molecule has 0 aliphatic carbocycles. The summed E-state index contributed by atoms with van der Waals surface area (Å²) in [7, 11) is 0. The molecule has 0 atom stereocenters. The van der Waals surface area contributed by atoms with Crippen molar-refractivity contribution in [2.75, 3.05) is 0 Å². The average Bonchev–Trinajstić information content (AvgIpc) is 2.61. The van der Waals surface area contributed by atoms with Crippen LogP contribution in [-0.4, -0.2) is 4.98 Å². The van der Waals surface area contributed by atoms with Crippen molar-refractivity contribution in [2.45, 2.75) is 0 Å². The first-order valence-electron chi connectivity index (χ1n) is 3.62. The molecule has 1 aromatic heterocycles. The van der Waals surface area contributed by atoms with Crippen molar-refractivity contribution in [3.8, 4) is 10.6 Å². The monoisotopic (exact) mass is 317 g/mol. The second-order valence-corrected chi connectivity index (χ2v) is 5.13. The standard InChI is InChI=1S/C9H5Br2NS/c10-6-1-2-8(11)7(5-6)9-12-3-4-13-9/h1-5H. The minimum absolute atomic E-state index is 1.04. The van der Waals surface area contributed by atoms with Gasteiger partial charge in [0.05, 0.1) is 0 Å². The van der Waals surface area contributed by atoms with Crippen LogP contribution in [0.3, 0.4) is 0 Å². The Morgan fingerprint density at radius 3 is 2.77 bits per heavy atom. The van der Waals surface area contributed by atoms with Crippen molar-refractivity contribution in [1.29, 1.82) is 0 Å². The van der Waals surface area contributed by atoms with E-state index in [2.05, 4.69) is 42.9 Å². The first-order valence-corrected chi connectivity index (χ1v) is 6.09. The van der Waals surface area contributed by atoms with Crippen LogP contribution in [0.5, 0.6) is 0 Å². The zero-order valence-corrected chi connectivity index (χ0v) is 10.5. The van der Waals surface area contributed by atoms with Gasteiger partial charge in [-0.05, 0) is 18.2 Å². The molecule has 1 aromatic carbocycles. The highest BCUT2D eigenvalue weighted by Gasteiger charge is 2.05. The number of benzene rings is 1. The molecule has 2 rings (SSSR count). The molecule has 4 heteroatoms. The topological polar surface area (TPSA) is 12.9 Å². The van der Waals surface area contributed by atoms with Crippen molar-refractivity contribution >= 4 is 43.2 Å². The number of halogens is 2. The smallest absolute Gasteiger partial charge is 0.124 e. The van der Waals surface area contributed by atoms with Crippen LogP contribution in [0.15, 0.2) is 38.7 Å². The lowest BCUT2D eigenvalue weighted by molar-refractivity contribution is 1.40. The highest BCUT2D eigenvalue weighted by molar-refractivity contribution is 9.11. The van der Waals surface area contributed by atoms with Gasteiger partial charge in [0, 0.05) is 26.1 Å². The van der Waals surface area contributed by atoms with E-state index in [4.69, 9.17) is 0 Å². The highest BCUT2D eigenvalue weighted by atomic mass is 79.9. The maximum atomic E-state index is 4.26. The average molecular weight is 319 g/mol. The highest BCUT2D eigenvalue weighted by Crippen LogP contribution is 2.31. The molecule has 13 heavy (non-hydrogen) atoms. The predicted octanol–water partition coefficient (Wildman–Crippen LogP) is 4.34. The summed E-state index contributed by atoms with van der Waals surface area (Å²) in [6.07, 6.45) is 1.81. The Balaban J connectivity index is 2.57. The van der Waals surface area contributed by atoms with E-state index in [0.717, 1.165) is 19.5 Å². The van der Waals surface area contributed by atoms with Gasteiger partial charge >= 0.3 is 0 Å². The first-order chi connectivity index (χ1) is 6.27. The largest absolute Gasteiger partial charge is 0.245 e. The fraction of sp³-hybridized carbons (Fsp3) is 0. The third-order valence-electron chi connectivity index (χ3n) is 1.59. The maximum Gasteiger partial charge on any atom is 0.124 e. The van der Waals surface area contributed by atoms with Crippen LogP contribution in [0.1, 0.15) is 0 Å². The van der Waals surface area contributed by atoms with Gasteiger partial charge in [-0.25, -0.2) is 4.98 Å². The number of hydrogen-bond donors (Lipinski definition) is 0. The molecule has 0 fully saturated rings. The molecule has 0 saturated heterocycles. The van der Waals surface area contributed by atoms with Gasteiger partial charge in [0.2, 0.25) is 0 Å². The Morgan fingerprint density at radius 2 is 2.08 bits per heavy atom. The maximum absolute atomic E-state index is 4.26. The van der Waals surface area contributed by atoms with E-state index in [0.29, 0.717) is 0 Å². The molecule has 0 aliphatic rings. The van der Waals surface area contributed by atoms with Crippen LogP contribution in [0.25, 0.3) is 10.6 Å². The van der Waals surface area contributed by atoms with Crippen molar-refractivity contribution in [3.05, 3.63) is 38.7 Å². The lowest BCUT2D eigenvalue weighted by Crippen LogP contribution is -1.77. The van der Waals surface area contributed by atoms with E-state index in [-0.39, 0.29) is 0 Å². The van der Waals surface area contributed by atoms with Gasteiger partial charge in [0.25, 0.3) is 0 Å². The molecule has 1 nitrogen and oxygen atoms in total. The number of aromatic nitrogens is 1. The van der Waals surface area contributed by atoms with Gasteiger partial charge in [-0.15, -0.1) is 11.3 Å². The molecule has 0 bridgehead atoms.